The highest BCUT2D eigenvalue weighted by molar-refractivity contribution is 5.75. The van der Waals surface area contributed by atoms with E-state index in [0.29, 0.717) is 0 Å². The zero-order valence-electron chi connectivity index (χ0n) is 9.52. The Morgan fingerprint density at radius 1 is 1.60 bits per heavy atom. The molecule has 0 radical (unpaired) electrons. The van der Waals surface area contributed by atoms with Crippen LogP contribution in [0.1, 0.15) is 25.6 Å². The van der Waals surface area contributed by atoms with Gasteiger partial charge in [-0.15, -0.1) is 0 Å². The lowest BCUT2D eigenvalue weighted by molar-refractivity contribution is -0.142. The maximum Gasteiger partial charge on any atom is 0.322 e. The molecule has 0 aliphatic rings. The lowest BCUT2D eigenvalue weighted by Gasteiger charge is -2.18. The molecule has 1 heterocycles. The molecule has 5 nitrogen and oxygen atoms in total. The Kier molecular flexibility index (Phi) is 3.85. The number of hydrogen-bond acceptors (Lipinski definition) is 4. The van der Waals surface area contributed by atoms with Crippen LogP contribution >= 0.6 is 0 Å². The number of aryl methyl sites for hydroxylation is 1. The number of rotatable bonds is 4. The monoisotopic (exact) mass is 211 g/mol. The van der Waals surface area contributed by atoms with E-state index < -0.39 is 0 Å². The summed E-state index contributed by atoms with van der Waals surface area (Å²) in [5.41, 5.74) is 1.03. The molecule has 0 aromatic carbocycles. The third-order valence-corrected chi connectivity index (χ3v) is 2.36. The first kappa shape index (κ1) is 11.7. The molecule has 1 aromatic rings. The molecular weight excluding hydrogens is 194 g/mol. The summed E-state index contributed by atoms with van der Waals surface area (Å²) in [6, 6.07) is 1.66. The average molecular weight is 211 g/mol. The zero-order chi connectivity index (χ0) is 11.4. The van der Waals surface area contributed by atoms with Crippen LogP contribution in [0.2, 0.25) is 0 Å². The van der Waals surface area contributed by atoms with Crippen molar-refractivity contribution in [2.75, 3.05) is 7.11 Å². The largest absolute Gasteiger partial charge is 0.468 e. The number of carbonyl (C=O) groups is 1. The minimum Gasteiger partial charge on any atom is -0.468 e. The fourth-order valence-corrected chi connectivity index (χ4v) is 1.51. The average Bonchev–Trinajstić information content (AvgIpc) is 2.63. The van der Waals surface area contributed by atoms with Crippen LogP contribution in [0.3, 0.4) is 0 Å². The summed E-state index contributed by atoms with van der Waals surface area (Å²) >= 11 is 0. The highest BCUT2D eigenvalue weighted by Gasteiger charge is 2.17. The summed E-state index contributed by atoms with van der Waals surface area (Å²) in [6.45, 7) is 3.76. The molecule has 5 heteroatoms. The van der Waals surface area contributed by atoms with Gasteiger partial charge in [0.05, 0.1) is 12.8 Å². The quantitative estimate of drug-likeness (QED) is 0.742. The first-order chi connectivity index (χ1) is 7.06. The standard InChI is InChI=1S/C10H17N3O2/c1-7(9-5-6-11-13(9)3)12-8(2)10(14)15-4/h5-8,12H,1-4H3/t7?,8-/m0/s1. The van der Waals surface area contributed by atoms with Gasteiger partial charge in [0.1, 0.15) is 6.04 Å². The van der Waals surface area contributed by atoms with Crippen LogP contribution < -0.4 is 5.32 Å². The second-order valence-corrected chi connectivity index (χ2v) is 3.51. The van der Waals surface area contributed by atoms with E-state index in [1.807, 2.05) is 20.0 Å². The lowest BCUT2D eigenvalue weighted by atomic mass is 10.2. The maximum absolute atomic E-state index is 11.2. The topological polar surface area (TPSA) is 56.1 Å². The second kappa shape index (κ2) is 4.93. The summed E-state index contributed by atoms with van der Waals surface area (Å²) in [5, 5.41) is 7.21. The molecule has 0 spiro atoms. The molecule has 2 atom stereocenters. The minimum atomic E-state index is -0.320. The Labute approximate surface area is 89.4 Å². The van der Waals surface area contributed by atoms with Gasteiger partial charge in [0.25, 0.3) is 0 Å². The van der Waals surface area contributed by atoms with Crippen LogP contribution in [0.5, 0.6) is 0 Å². The van der Waals surface area contributed by atoms with E-state index in [2.05, 4.69) is 15.2 Å². The molecule has 1 unspecified atom stereocenters. The van der Waals surface area contributed by atoms with Gasteiger partial charge < -0.3 is 4.74 Å². The number of carbonyl (C=O) groups excluding carboxylic acids is 1. The van der Waals surface area contributed by atoms with Crippen LogP contribution in [-0.2, 0) is 16.6 Å². The first-order valence-corrected chi connectivity index (χ1v) is 4.88. The number of aromatic nitrogens is 2. The summed E-state index contributed by atoms with van der Waals surface area (Å²) < 4.78 is 6.42. The number of nitrogens with zero attached hydrogens (tertiary/aromatic N) is 2. The van der Waals surface area contributed by atoms with Crippen molar-refractivity contribution in [3.63, 3.8) is 0 Å². The fraction of sp³-hybridized carbons (Fsp3) is 0.600. The second-order valence-electron chi connectivity index (χ2n) is 3.51. The van der Waals surface area contributed by atoms with Crippen molar-refractivity contribution in [3.05, 3.63) is 18.0 Å². The predicted molar refractivity (Wildman–Crippen MR) is 56.2 cm³/mol. The number of esters is 1. The molecule has 84 valence electrons. The van der Waals surface area contributed by atoms with E-state index in [1.165, 1.54) is 7.11 Å². The molecule has 0 amide bonds. The summed E-state index contributed by atoms with van der Waals surface area (Å²) in [6.07, 6.45) is 1.73. The van der Waals surface area contributed by atoms with Gasteiger partial charge in [-0.25, -0.2) is 0 Å². The Bertz CT molecular complexity index is 335. The number of hydrogen-bond donors (Lipinski definition) is 1. The smallest absolute Gasteiger partial charge is 0.322 e. The van der Waals surface area contributed by atoms with Gasteiger partial charge in [-0.1, -0.05) is 0 Å². The Balaban J connectivity index is 2.60. The third-order valence-electron chi connectivity index (χ3n) is 2.36. The zero-order valence-corrected chi connectivity index (χ0v) is 9.52. The molecule has 0 fully saturated rings. The van der Waals surface area contributed by atoms with Gasteiger partial charge in [0.15, 0.2) is 0 Å². The first-order valence-electron chi connectivity index (χ1n) is 4.88. The van der Waals surface area contributed by atoms with Crippen molar-refractivity contribution in [1.29, 1.82) is 0 Å². The molecule has 0 aliphatic carbocycles. The van der Waals surface area contributed by atoms with E-state index in [0.717, 1.165) is 5.69 Å². The van der Waals surface area contributed by atoms with Crippen LogP contribution in [-0.4, -0.2) is 28.9 Å². The SMILES string of the molecule is COC(=O)[C@H](C)NC(C)c1ccnn1C. The number of nitrogens with one attached hydrogen (secondary N) is 1. The molecule has 1 N–H and O–H groups in total. The van der Waals surface area contributed by atoms with E-state index in [9.17, 15) is 4.79 Å². The Morgan fingerprint density at radius 3 is 2.73 bits per heavy atom. The molecule has 1 rings (SSSR count). The fourth-order valence-electron chi connectivity index (χ4n) is 1.51. The lowest BCUT2D eigenvalue weighted by Crippen LogP contribution is -2.37. The molecule has 0 bridgehead atoms. The summed E-state index contributed by atoms with van der Waals surface area (Å²) in [7, 11) is 3.26. The van der Waals surface area contributed by atoms with E-state index >= 15 is 0 Å². The number of methoxy groups -OCH3 is 1. The van der Waals surface area contributed by atoms with Crippen molar-refractivity contribution in [2.24, 2.45) is 7.05 Å². The van der Waals surface area contributed by atoms with Gasteiger partial charge >= 0.3 is 5.97 Å². The summed E-state index contributed by atoms with van der Waals surface area (Å²) in [4.78, 5) is 11.2. The highest BCUT2D eigenvalue weighted by Crippen LogP contribution is 2.11. The van der Waals surface area contributed by atoms with Crippen LogP contribution in [0, 0.1) is 0 Å². The predicted octanol–water partition coefficient (Wildman–Crippen LogP) is 0.632. The maximum atomic E-state index is 11.2. The van der Waals surface area contributed by atoms with Gasteiger partial charge in [0, 0.05) is 19.3 Å². The van der Waals surface area contributed by atoms with Gasteiger partial charge in [-0.05, 0) is 19.9 Å². The molecule has 0 saturated carbocycles. The Hall–Kier alpha value is -1.36. The highest BCUT2D eigenvalue weighted by atomic mass is 16.5. The van der Waals surface area contributed by atoms with Crippen molar-refractivity contribution >= 4 is 5.97 Å². The third kappa shape index (κ3) is 2.79. The van der Waals surface area contributed by atoms with E-state index in [1.54, 1.807) is 17.8 Å². The normalized spacial score (nSPS) is 14.7. The van der Waals surface area contributed by atoms with Gasteiger partial charge in [0.2, 0.25) is 0 Å². The molecule has 0 saturated heterocycles. The minimum absolute atomic E-state index is 0.0617. The Morgan fingerprint density at radius 2 is 2.27 bits per heavy atom. The van der Waals surface area contributed by atoms with Crippen LogP contribution in [0.15, 0.2) is 12.3 Å². The number of ether oxygens (including phenoxy) is 1. The molecule has 15 heavy (non-hydrogen) atoms. The van der Waals surface area contributed by atoms with Gasteiger partial charge in [-0.2, -0.15) is 5.10 Å². The molecular formula is C10H17N3O2. The van der Waals surface area contributed by atoms with Crippen molar-refractivity contribution < 1.29 is 9.53 Å². The van der Waals surface area contributed by atoms with Crippen molar-refractivity contribution in [1.82, 2.24) is 15.1 Å². The molecule has 1 aromatic heterocycles. The van der Waals surface area contributed by atoms with E-state index in [4.69, 9.17) is 0 Å². The van der Waals surface area contributed by atoms with E-state index in [-0.39, 0.29) is 18.1 Å². The van der Waals surface area contributed by atoms with Gasteiger partial charge in [-0.3, -0.25) is 14.8 Å². The van der Waals surface area contributed by atoms with Crippen LogP contribution in [0.4, 0.5) is 0 Å². The van der Waals surface area contributed by atoms with Crippen LogP contribution in [0.25, 0.3) is 0 Å². The van der Waals surface area contributed by atoms with Crippen molar-refractivity contribution in [2.45, 2.75) is 25.9 Å². The summed E-state index contributed by atoms with van der Waals surface area (Å²) in [5.74, 6) is -0.260. The molecule has 0 aliphatic heterocycles. The van der Waals surface area contributed by atoms with Crippen molar-refractivity contribution in [3.8, 4) is 0 Å².